The fourth-order valence-electron chi connectivity index (χ4n) is 3.23. The van der Waals surface area contributed by atoms with Crippen molar-refractivity contribution in [1.29, 1.82) is 5.26 Å². The summed E-state index contributed by atoms with van der Waals surface area (Å²) in [5, 5.41) is 13.9. The number of benzene rings is 2. The van der Waals surface area contributed by atoms with Crippen molar-refractivity contribution in [2.45, 2.75) is 0 Å². The van der Waals surface area contributed by atoms with E-state index in [1.54, 1.807) is 44.2 Å². The Bertz CT molecular complexity index is 1220. The van der Waals surface area contributed by atoms with Crippen LogP contribution in [0, 0.1) is 11.3 Å². The van der Waals surface area contributed by atoms with Gasteiger partial charge in [-0.15, -0.1) is 0 Å². The number of hydrogen-bond acceptors (Lipinski definition) is 6. The predicted molar refractivity (Wildman–Crippen MR) is 108 cm³/mol. The van der Waals surface area contributed by atoms with Gasteiger partial charge >= 0.3 is 0 Å². The molecule has 2 aromatic carbocycles. The van der Waals surface area contributed by atoms with Gasteiger partial charge in [-0.05, 0) is 30.3 Å². The summed E-state index contributed by atoms with van der Waals surface area (Å²) in [6.45, 7) is 0. The quantitative estimate of drug-likeness (QED) is 0.516. The van der Waals surface area contributed by atoms with E-state index in [0.717, 1.165) is 22.5 Å². The van der Waals surface area contributed by atoms with E-state index in [1.165, 1.54) is 0 Å². The molecule has 4 rings (SSSR count). The second-order valence-corrected chi connectivity index (χ2v) is 6.24. The van der Waals surface area contributed by atoms with E-state index in [1.807, 2.05) is 36.4 Å². The zero-order valence-electron chi connectivity index (χ0n) is 16.2. The fraction of sp³-hybridized carbons (Fsp3) is 0.136. The van der Waals surface area contributed by atoms with Crippen molar-refractivity contribution in [3.8, 4) is 45.8 Å². The molecule has 0 amide bonds. The molecule has 0 N–H and O–H groups in total. The number of ether oxygens (including phenoxy) is 3. The number of aromatic nitrogens is 3. The Morgan fingerprint density at radius 3 is 2.31 bits per heavy atom. The molecule has 0 atom stereocenters. The number of nitrogens with zero attached hydrogens (tertiary/aromatic N) is 4. The lowest BCUT2D eigenvalue weighted by Crippen LogP contribution is -1.99. The average molecular weight is 386 g/mol. The highest BCUT2D eigenvalue weighted by molar-refractivity contribution is 5.72. The minimum absolute atomic E-state index is 0.526. The van der Waals surface area contributed by atoms with Crippen molar-refractivity contribution in [3.63, 3.8) is 0 Å². The molecule has 0 aliphatic carbocycles. The van der Waals surface area contributed by atoms with Gasteiger partial charge < -0.3 is 14.2 Å². The largest absolute Gasteiger partial charge is 0.493 e. The first-order chi connectivity index (χ1) is 14.2. The van der Waals surface area contributed by atoms with E-state index in [0.29, 0.717) is 28.5 Å². The highest BCUT2D eigenvalue weighted by atomic mass is 16.5. The topological polar surface area (TPSA) is 81.7 Å². The lowest BCUT2D eigenvalue weighted by molar-refractivity contribution is 0.324. The molecule has 7 heteroatoms. The molecular formula is C22H18N4O3. The van der Waals surface area contributed by atoms with Gasteiger partial charge in [0.2, 0.25) is 5.75 Å². The average Bonchev–Trinajstić information content (AvgIpc) is 3.22. The lowest BCUT2D eigenvalue weighted by Gasteiger charge is -2.14. The molecule has 0 bridgehead atoms. The molecular weight excluding hydrogens is 368 g/mol. The summed E-state index contributed by atoms with van der Waals surface area (Å²) in [5.41, 5.74) is 4.51. The smallest absolute Gasteiger partial charge is 0.203 e. The minimum Gasteiger partial charge on any atom is -0.493 e. The summed E-state index contributed by atoms with van der Waals surface area (Å²) in [4.78, 5) is 4.42. The molecule has 0 saturated heterocycles. The van der Waals surface area contributed by atoms with Gasteiger partial charge in [-0.25, -0.2) is 9.50 Å². The number of nitriles is 1. The minimum atomic E-state index is 0.526. The lowest BCUT2D eigenvalue weighted by atomic mass is 10.1. The van der Waals surface area contributed by atoms with Gasteiger partial charge in [0.15, 0.2) is 17.1 Å². The van der Waals surface area contributed by atoms with Crippen molar-refractivity contribution < 1.29 is 14.2 Å². The maximum absolute atomic E-state index is 9.16. The van der Waals surface area contributed by atoms with Crippen LogP contribution in [0.25, 0.3) is 28.2 Å². The third-order valence-electron chi connectivity index (χ3n) is 4.61. The number of fused-ring (bicyclic) bond motifs is 1. The van der Waals surface area contributed by atoms with Crippen molar-refractivity contribution in [2.75, 3.05) is 21.3 Å². The SMILES string of the molecule is COc1cc(-c2ccnc3cc(-c4cccc(C#N)c4)nn23)cc(OC)c1OC. The first-order valence-electron chi connectivity index (χ1n) is 8.84. The van der Waals surface area contributed by atoms with E-state index in [4.69, 9.17) is 24.6 Å². The zero-order valence-corrected chi connectivity index (χ0v) is 16.2. The van der Waals surface area contributed by atoms with Crippen LogP contribution in [0.4, 0.5) is 0 Å². The summed E-state index contributed by atoms with van der Waals surface area (Å²) < 4.78 is 18.1. The fourth-order valence-corrected chi connectivity index (χ4v) is 3.23. The van der Waals surface area contributed by atoms with Crippen LogP contribution in [0.2, 0.25) is 0 Å². The normalized spacial score (nSPS) is 10.6. The van der Waals surface area contributed by atoms with Crippen molar-refractivity contribution in [1.82, 2.24) is 14.6 Å². The van der Waals surface area contributed by atoms with Crippen LogP contribution >= 0.6 is 0 Å². The molecule has 29 heavy (non-hydrogen) atoms. The van der Waals surface area contributed by atoms with Gasteiger partial charge in [-0.1, -0.05) is 12.1 Å². The second kappa shape index (κ2) is 7.52. The van der Waals surface area contributed by atoms with Crippen LogP contribution < -0.4 is 14.2 Å². The zero-order chi connectivity index (χ0) is 20.4. The molecule has 0 radical (unpaired) electrons. The molecule has 0 spiro atoms. The van der Waals surface area contributed by atoms with Crippen LogP contribution in [0.15, 0.2) is 54.7 Å². The van der Waals surface area contributed by atoms with Gasteiger partial charge in [0.05, 0.1) is 44.3 Å². The Hall–Kier alpha value is -4.05. The molecule has 0 aliphatic heterocycles. The highest BCUT2D eigenvalue weighted by Crippen LogP contribution is 2.41. The molecule has 0 fully saturated rings. The Morgan fingerprint density at radius 2 is 1.66 bits per heavy atom. The van der Waals surface area contributed by atoms with Crippen LogP contribution in [0.5, 0.6) is 17.2 Å². The van der Waals surface area contributed by atoms with Gasteiger partial charge in [0, 0.05) is 23.4 Å². The predicted octanol–water partition coefficient (Wildman–Crippen LogP) is 3.96. The van der Waals surface area contributed by atoms with Gasteiger partial charge in [-0.3, -0.25) is 0 Å². The van der Waals surface area contributed by atoms with Gasteiger partial charge in [0.25, 0.3) is 0 Å². The highest BCUT2D eigenvalue weighted by Gasteiger charge is 2.17. The van der Waals surface area contributed by atoms with E-state index >= 15 is 0 Å². The maximum Gasteiger partial charge on any atom is 0.203 e. The third kappa shape index (κ3) is 3.21. The van der Waals surface area contributed by atoms with Crippen LogP contribution in [0.3, 0.4) is 0 Å². The van der Waals surface area contributed by atoms with Crippen LogP contribution in [-0.4, -0.2) is 35.9 Å². The van der Waals surface area contributed by atoms with E-state index in [-0.39, 0.29) is 0 Å². The molecule has 4 aromatic rings. The Balaban J connectivity index is 1.89. The Labute approximate surface area is 167 Å². The summed E-state index contributed by atoms with van der Waals surface area (Å²) >= 11 is 0. The summed E-state index contributed by atoms with van der Waals surface area (Å²) in [5.74, 6) is 1.64. The molecule has 0 aliphatic rings. The standard InChI is InChI=1S/C22H18N4O3/c1-27-19-10-16(11-20(28-2)22(19)29-3)18-7-8-24-21-12-17(25-26(18)21)15-6-4-5-14(9-15)13-23/h4-12H,1-3H3. The molecule has 7 nitrogen and oxygen atoms in total. The molecule has 144 valence electrons. The van der Waals surface area contributed by atoms with Crippen molar-refractivity contribution in [2.24, 2.45) is 0 Å². The van der Waals surface area contributed by atoms with Crippen LogP contribution in [-0.2, 0) is 0 Å². The van der Waals surface area contributed by atoms with Crippen LogP contribution in [0.1, 0.15) is 5.56 Å². The van der Waals surface area contributed by atoms with Gasteiger partial charge in [0.1, 0.15) is 0 Å². The van der Waals surface area contributed by atoms with Crippen molar-refractivity contribution in [3.05, 3.63) is 60.3 Å². The summed E-state index contributed by atoms with van der Waals surface area (Å²) in [6, 6.07) is 17.0. The van der Waals surface area contributed by atoms with Crippen molar-refractivity contribution >= 4 is 5.65 Å². The Kier molecular flexibility index (Phi) is 4.75. The second-order valence-electron chi connectivity index (χ2n) is 6.24. The monoisotopic (exact) mass is 386 g/mol. The first-order valence-corrected chi connectivity index (χ1v) is 8.84. The summed E-state index contributed by atoms with van der Waals surface area (Å²) in [6.07, 6.45) is 1.73. The summed E-state index contributed by atoms with van der Waals surface area (Å²) in [7, 11) is 4.73. The van der Waals surface area contributed by atoms with E-state index < -0.39 is 0 Å². The maximum atomic E-state index is 9.16. The number of rotatable bonds is 5. The molecule has 0 unspecified atom stereocenters. The number of methoxy groups -OCH3 is 3. The van der Waals surface area contributed by atoms with E-state index in [9.17, 15) is 0 Å². The van der Waals surface area contributed by atoms with E-state index in [2.05, 4.69) is 11.1 Å². The molecule has 2 heterocycles. The molecule has 0 saturated carbocycles. The Morgan fingerprint density at radius 1 is 0.897 bits per heavy atom. The third-order valence-corrected chi connectivity index (χ3v) is 4.61. The van der Waals surface area contributed by atoms with Gasteiger partial charge in [-0.2, -0.15) is 10.4 Å². The molecule has 2 aromatic heterocycles. The number of hydrogen-bond donors (Lipinski definition) is 0. The first kappa shape index (κ1) is 18.3.